The van der Waals surface area contributed by atoms with Crippen LogP contribution >= 0.6 is 27.3 Å². The predicted octanol–water partition coefficient (Wildman–Crippen LogP) is 3.03. The molecule has 0 aliphatic heterocycles. The molecule has 0 fully saturated rings. The summed E-state index contributed by atoms with van der Waals surface area (Å²) in [6.45, 7) is 1.89. The molecule has 0 aromatic carbocycles. The Hall–Kier alpha value is -1.07. The second-order valence-electron chi connectivity index (χ2n) is 3.31. The Kier molecular flexibility index (Phi) is 3.46. The summed E-state index contributed by atoms with van der Waals surface area (Å²) in [6.07, 6.45) is 3.65. The third-order valence-electron chi connectivity index (χ3n) is 2.03. The molecular formula is C11H9BrN2OS. The molecule has 16 heavy (non-hydrogen) atoms. The summed E-state index contributed by atoms with van der Waals surface area (Å²) in [5.41, 5.74) is 0.777. The van der Waals surface area contributed by atoms with Crippen molar-refractivity contribution in [1.29, 1.82) is 0 Å². The maximum Gasteiger partial charge on any atom is 0.180 e. The molecule has 0 aliphatic carbocycles. The molecule has 0 atom stereocenters. The van der Waals surface area contributed by atoms with Crippen LogP contribution < -0.4 is 0 Å². The van der Waals surface area contributed by atoms with Crippen molar-refractivity contribution in [2.75, 3.05) is 0 Å². The van der Waals surface area contributed by atoms with Crippen LogP contribution in [0.15, 0.2) is 29.0 Å². The molecule has 5 heteroatoms. The number of hydrogen-bond acceptors (Lipinski definition) is 4. The van der Waals surface area contributed by atoms with Crippen LogP contribution in [0.3, 0.4) is 0 Å². The monoisotopic (exact) mass is 296 g/mol. The van der Waals surface area contributed by atoms with Gasteiger partial charge in [0.2, 0.25) is 0 Å². The first-order valence-corrected chi connectivity index (χ1v) is 6.32. The Morgan fingerprint density at radius 2 is 2.19 bits per heavy atom. The smallest absolute Gasteiger partial charge is 0.180 e. The highest BCUT2D eigenvalue weighted by Gasteiger charge is 2.10. The zero-order chi connectivity index (χ0) is 11.5. The summed E-state index contributed by atoms with van der Waals surface area (Å²) in [5.74, 6) is 0.0698. The van der Waals surface area contributed by atoms with E-state index in [1.165, 1.54) is 11.3 Å². The first-order chi connectivity index (χ1) is 7.65. The maximum absolute atomic E-state index is 11.8. The predicted molar refractivity (Wildman–Crippen MR) is 66.8 cm³/mol. The Morgan fingerprint density at radius 1 is 1.38 bits per heavy atom. The number of rotatable bonds is 3. The van der Waals surface area contributed by atoms with Gasteiger partial charge in [0.25, 0.3) is 0 Å². The van der Waals surface area contributed by atoms with Gasteiger partial charge in [-0.2, -0.15) is 0 Å². The fourth-order valence-electron chi connectivity index (χ4n) is 1.25. The van der Waals surface area contributed by atoms with E-state index < -0.39 is 0 Å². The van der Waals surface area contributed by atoms with Crippen molar-refractivity contribution in [2.45, 2.75) is 13.3 Å². The van der Waals surface area contributed by atoms with Crippen molar-refractivity contribution in [2.24, 2.45) is 0 Å². The number of pyridine rings is 1. The van der Waals surface area contributed by atoms with Gasteiger partial charge in [0.1, 0.15) is 0 Å². The maximum atomic E-state index is 11.8. The zero-order valence-corrected chi connectivity index (χ0v) is 11.0. The van der Waals surface area contributed by atoms with E-state index >= 15 is 0 Å². The minimum absolute atomic E-state index is 0.0698. The molecule has 0 radical (unpaired) electrons. The lowest BCUT2D eigenvalue weighted by atomic mass is 10.2. The number of ketones is 1. The standard InChI is InChI=1S/C11H9BrN2OS/c1-7-13-6-11(16-7)10(15)4-9-3-2-8(12)5-14-9/h2-3,5-6H,4H2,1H3. The summed E-state index contributed by atoms with van der Waals surface area (Å²) < 4.78 is 0.914. The second-order valence-corrected chi connectivity index (χ2v) is 5.46. The molecule has 0 aliphatic rings. The molecule has 0 unspecified atom stereocenters. The van der Waals surface area contributed by atoms with Crippen LogP contribution in [0.25, 0.3) is 0 Å². The van der Waals surface area contributed by atoms with Gasteiger partial charge in [0, 0.05) is 22.6 Å². The van der Waals surface area contributed by atoms with E-state index in [0.29, 0.717) is 11.3 Å². The zero-order valence-electron chi connectivity index (χ0n) is 8.61. The van der Waals surface area contributed by atoms with E-state index in [1.807, 2.05) is 19.1 Å². The van der Waals surface area contributed by atoms with E-state index in [9.17, 15) is 4.79 Å². The lowest BCUT2D eigenvalue weighted by molar-refractivity contribution is 0.0995. The summed E-state index contributed by atoms with van der Waals surface area (Å²) in [5, 5.41) is 0.909. The van der Waals surface area contributed by atoms with Crippen molar-refractivity contribution in [3.63, 3.8) is 0 Å². The number of nitrogens with zero attached hydrogens (tertiary/aromatic N) is 2. The average Bonchev–Trinajstić information content (AvgIpc) is 2.68. The van der Waals surface area contributed by atoms with E-state index in [2.05, 4.69) is 25.9 Å². The quantitative estimate of drug-likeness (QED) is 0.818. The highest BCUT2D eigenvalue weighted by molar-refractivity contribution is 9.10. The van der Waals surface area contributed by atoms with Crippen LogP contribution in [-0.4, -0.2) is 15.8 Å². The molecule has 2 rings (SSSR count). The molecule has 0 saturated heterocycles. The summed E-state index contributed by atoms with van der Waals surface area (Å²) in [4.78, 5) is 20.8. The van der Waals surface area contributed by atoms with Gasteiger partial charge in [-0.05, 0) is 35.0 Å². The number of aromatic nitrogens is 2. The Bertz CT molecular complexity index is 507. The van der Waals surface area contributed by atoms with Crippen LogP contribution in [-0.2, 0) is 6.42 Å². The molecule has 2 aromatic heterocycles. The lowest BCUT2D eigenvalue weighted by Gasteiger charge is -1.97. The fraction of sp³-hybridized carbons (Fsp3) is 0.182. The van der Waals surface area contributed by atoms with Gasteiger partial charge < -0.3 is 0 Å². The van der Waals surface area contributed by atoms with E-state index in [-0.39, 0.29) is 5.78 Å². The molecule has 0 N–H and O–H groups in total. The van der Waals surface area contributed by atoms with Gasteiger partial charge in [-0.15, -0.1) is 11.3 Å². The second kappa shape index (κ2) is 4.84. The first-order valence-electron chi connectivity index (χ1n) is 4.71. The Labute approximate surface area is 106 Å². The van der Waals surface area contributed by atoms with Crippen molar-refractivity contribution in [3.05, 3.63) is 44.6 Å². The van der Waals surface area contributed by atoms with Gasteiger partial charge in [0.15, 0.2) is 5.78 Å². The largest absolute Gasteiger partial charge is 0.293 e. The molecular weight excluding hydrogens is 288 g/mol. The Morgan fingerprint density at radius 3 is 2.75 bits per heavy atom. The van der Waals surface area contributed by atoms with Crippen molar-refractivity contribution in [3.8, 4) is 0 Å². The SMILES string of the molecule is Cc1ncc(C(=O)Cc2ccc(Br)cn2)s1. The van der Waals surface area contributed by atoms with E-state index in [0.717, 1.165) is 15.2 Å². The number of carbonyl (C=O) groups excluding carboxylic acids is 1. The van der Waals surface area contributed by atoms with Crippen molar-refractivity contribution >= 4 is 33.0 Å². The number of hydrogen-bond donors (Lipinski definition) is 0. The topological polar surface area (TPSA) is 42.9 Å². The van der Waals surface area contributed by atoms with Gasteiger partial charge >= 0.3 is 0 Å². The molecule has 82 valence electrons. The fourth-order valence-corrected chi connectivity index (χ4v) is 2.20. The molecule has 0 spiro atoms. The minimum atomic E-state index is 0.0698. The minimum Gasteiger partial charge on any atom is -0.293 e. The van der Waals surface area contributed by atoms with Crippen LogP contribution in [0.2, 0.25) is 0 Å². The number of halogens is 1. The average molecular weight is 297 g/mol. The molecule has 3 nitrogen and oxygen atoms in total. The molecule has 0 bridgehead atoms. The number of thiazole rings is 1. The number of carbonyl (C=O) groups is 1. The lowest BCUT2D eigenvalue weighted by Crippen LogP contribution is -2.02. The highest BCUT2D eigenvalue weighted by Crippen LogP contribution is 2.15. The van der Waals surface area contributed by atoms with Crippen LogP contribution in [0.4, 0.5) is 0 Å². The van der Waals surface area contributed by atoms with Gasteiger partial charge in [-0.3, -0.25) is 9.78 Å². The van der Waals surface area contributed by atoms with Crippen LogP contribution in [0.5, 0.6) is 0 Å². The summed E-state index contributed by atoms with van der Waals surface area (Å²) in [6, 6.07) is 3.73. The number of Topliss-reactive ketones (excluding diaryl/α,β-unsaturated/α-hetero) is 1. The first kappa shape index (κ1) is 11.4. The molecule has 2 heterocycles. The molecule has 2 aromatic rings. The van der Waals surface area contributed by atoms with Gasteiger partial charge in [0.05, 0.1) is 16.3 Å². The van der Waals surface area contributed by atoms with Gasteiger partial charge in [-0.1, -0.05) is 0 Å². The third kappa shape index (κ3) is 2.74. The van der Waals surface area contributed by atoms with E-state index in [1.54, 1.807) is 12.4 Å². The Balaban J connectivity index is 2.10. The van der Waals surface area contributed by atoms with E-state index in [4.69, 9.17) is 0 Å². The summed E-state index contributed by atoms with van der Waals surface area (Å²) in [7, 11) is 0. The molecule has 0 amide bonds. The summed E-state index contributed by atoms with van der Waals surface area (Å²) >= 11 is 4.73. The van der Waals surface area contributed by atoms with Crippen LogP contribution in [0, 0.1) is 6.92 Å². The normalized spacial score (nSPS) is 10.4. The third-order valence-corrected chi connectivity index (χ3v) is 3.45. The van der Waals surface area contributed by atoms with Crippen molar-refractivity contribution in [1.82, 2.24) is 9.97 Å². The molecule has 0 saturated carbocycles. The van der Waals surface area contributed by atoms with Crippen LogP contribution in [0.1, 0.15) is 20.4 Å². The van der Waals surface area contributed by atoms with Gasteiger partial charge in [-0.25, -0.2) is 4.98 Å². The highest BCUT2D eigenvalue weighted by atomic mass is 79.9. The number of aryl methyl sites for hydroxylation is 1. The van der Waals surface area contributed by atoms with Crippen molar-refractivity contribution < 1.29 is 4.79 Å².